The van der Waals surface area contributed by atoms with Crippen LogP contribution in [-0.4, -0.2) is 23.8 Å². The van der Waals surface area contributed by atoms with Crippen LogP contribution in [0.4, 0.5) is 8.78 Å². The van der Waals surface area contributed by atoms with Gasteiger partial charge in [0.25, 0.3) is 0 Å². The minimum atomic E-state index is -2.80. The highest BCUT2D eigenvalue weighted by molar-refractivity contribution is 5.66. The van der Waals surface area contributed by atoms with Gasteiger partial charge in [-0.3, -0.25) is 4.79 Å². The number of halogens is 2. The predicted molar refractivity (Wildman–Crippen MR) is 45.1 cm³/mol. The first kappa shape index (κ1) is 11.4. The first-order valence-electron chi connectivity index (χ1n) is 4.75. The summed E-state index contributed by atoms with van der Waals surface area (Å²) in [6.07, 6.45) is 2.27. The number of carbonyl (C=O) groups is 1. The molecule has 82 valence electrons. The highest BCUT2D eigenvalue weighted by Gasteiger charge is 2.30. The van der Waals surface area contributed by atoms with Gasteiger partial charge in [0, 0.05) is 6.42 Å². The number of hydrogen-bond donors (Lipinski definition) is 1. The van der Waals surface area contributed by atoms with Gasteiger partial charge in [-0.15, -0.1) is 0 Å². The number of carboxylic acids is 1. The molecule has 1 aliphatic carbocycles. The summed E-state index contributed by atoms with van der Waals surface area (Å²) in [4.78, 5) is 10.3. The molecule has 0 amide bonds. The molecule has 0 aromatic heterocycles. The van der Waals surface area contributed by atoms with Crippen molar-refractivity contribution in [3.8, 4) is 0 Å². The highest BCUT2D eigenvalue weighted by atomic mass is 19.3. The summed E-state index contributed by atoms with van der Waals surface area (Å²) >= 11 is 0. The Kier molecular flexibility index (Phi) is 4.25. The van der Waals surface area contributed by atoms with E-state index in [4.69, 9.17) is 5.11 Å². The van der Waals surface area contributed by atoms with Gasteiger partial charge in [0.05, 0.1) is 6.10 Å². The van der Waals surface area contributed by atoms with Crippen molar-refractivity contribution in [1.29, 1.82) is 0 Å². The number of alkyl halides is 2. The Hall–Kier alpha value is -0.710. The van der Waals surface area contributed by atoms with Crippen molar-refractivity contribution in [2.75, 3.05) is 0 Å². The molecule has 0 heterocycles. The van der Waals surface area contributed by atoms with Gasteiger partial charge in [-0.25, -0.2) is 0 Å². The summed E-state index contributed by atoms with van der Waals surface area (Å²) in [5.41, 5.74) is 0. The molecule has 1 unspecified atom stereocenters. The first-order chi connectivity index (χ1) is 6.59. The Balaban J connectivity index is 2.31. The monoisotopic (exact) mass is 208 g/mol. The Morgan fingerprint density at radius 2 is 2.14 bits per heavy atom. The molecule has 0 radical (unpaired) electrons. The second-order valence-electron chi connectivity index (χ2n) is 3.56. The van der Waals surface area contributed by atoms with Crippen LogP contribution in [0.25, 0.3) is 0 Å². The van der Waals surface area contributed by atoms with Crippen LogP contribution in [0.15, 0.2) is 0 Å². The predicted octanol–water partition coefficient (Wildman–Crippen LogP) is 2.26. The van der Waals surface area contributed by atoms with E-state index in [1.807, 2.05) is 0 Å². The third-order valence-electron chi connectivity index (χ3n) is 2.60. The molecular weight excluding hydrogens is 194 g/mol. The van der Waals surface area contributed by atoms with Crippen molar-refractivity contribution in [2.45, 2.75) is 44.8 Å². The summed E-state index contributed by atoms with van der Waals surface area (Å²) < 4.78 is 28.3. The van der Waals surface area contributed by atoms with Crippen LogP contribution in [0.3, 0.4) is 0 Å². The van der Waals surface area contributed by atoms with Crippen LogP contribution in [0.1, 0.15) is 32.1 Å². The second kappa shape index (κ2) is 5.24. The molecule has 1 aliphatic rings. The summed E-state index contributed by atoms with van der Waals surface area (Å²) in [7, 11) is 0. The zero-order chi connectivity index (χ0) is 10.6. The van der Waals surface area contributed by atoms with Crippen molar-refractivity contribution < 1.29 is 23.4 Å². The average molecular weight is 208 g/mol. The lowest BCUT2D eigenvalue weighted by Crippen LogP contribution is -2.31. The molecule has 0 saturated heterocycles. The number of aliphatic carboxylic acids is 1. The Bertz CT molecular complexity index is 192. The summed E-state index contributed by atoms with van der Waals surface area (Å²) in [5.74, 6) is -0.837. The standard InChI is InChI=1S/C9H14F2O3/c10-9(11)14-7(4-5-8(12)13)6-2-1-3-6/h6-7,9H,1-5H2,(H,12,13). The quantitative estimate of drug-likeness (QED) is 0.728. The topological polar surface area (TPSA) is 46.5 Å². The molecule has 1 atom stereocenters. The van der Waals surface area contributed by atoms with E-state index in [1.165, 1.54) is 0 Å². The van der Waals surface area contributed by atoms with Gasteiger partial charge in [-0.2, -0.15) is 8.78 Å². The molecule has 1 saturated carbocycles. The van der Waals surface area contributed by atoms with Crippen LogP contribution in [0, 0.1) is 5.92 Å². The van der Waals surface area contributed by atoms with Gasteiger partial charge >= 0.3 is 12.6 Å². The van der Waals surface area contributed by atoms with Gasteiger partial charge < -0.3 is 9.84 Å². The molecule has 0 bridgehead atoms. The third kappa shape index (κ3) is 3.57. The van der Waals surface area contributed by atoms with Crippen molar-refractivity contribution in [3.63, 3.8) is 0 Å². The molecule has 1 N–H and O–H groups in total. The van der Waals surface area contributed by atoms with Crippen molar-refractivity contribution in [3.05, 3.63) is 0 Å². The maximum atomic E-state index is 12.0. The van der Waals surface area contributed by atoms with Gasteiger partial charge in [-0.05, 0) is 25.2 Å². The van der Waals surface area contributed by atoms with Crippen LogP contribution in [0.5, 0.6) is 0 Å². The second-order valence-corrected chi connectivity index (χ2v) is 3.56. The van der Waals surface area contributed by atoms with Crippen LogP contribution >= 0.6 is 0 Å². The molecule has 0 aromatic carbocycles. The van der Waals surface area contributed by atoms with Gasteiger partial charge in [-0.1, -0.05) is 6.42 Å². The zero-order valence-corrected chi connectivity index (χ0v) is 7.79. The fraction of sp³-hybridized carbons (Fsp3) is 0.889. The number of ether oxygens (including phenoxy) is 1. The average Bonchev–Trinajstić information content (AvgIpc) is 1.95. The van der Waals surface area contributed by atoms with Crippen LogP contribution in [-0.2, 0) is 9.53 Å². The largest absolute Gasteiger partial charge is 0.481 e. The maximum absolute atomic E-state index is 12.0. The molecule has 0 spiro atoms. The minimum Gasteiger partial charge on any atom is -0.481 e. The van der Waals surface area contributed by atoms with E-state index in [-0.39, 0.29) is 18.8 Å². The van der Waals surface area contributed by atoms with Crippen LogP contribution < -0.4 is 0 Å². The van der Waals surface area contributed by atoms with E-state index in [1.54, 1.807) is 0 Å². The summed E-state index contributed by atoms with van der Waals surface area (Å²) in [6.45, 7) is -2.80. The minimum absolute atomic E-state index is 0.103. The van der Waals surface area contributed by atoms with Gasteiger partial charge in [0.2, 0.25) is 0 Å². The fourth-order valence-electron chi connectivity index (χ4n) is 1.62. The number of rotatable bonds is 6. The first-order valence-corrected chi connectivity index (χ1v) is 4.75. The molecule has 0 aromatic rings. The Morgan fingerprint density at radius 1 is 1.50 bits per heavy atom. The lowest BCUT2D eigenvalue weighted by molar-refractivity contribution is -0.186. The Morgan fingerprint density at radius 3 is 2.50 bits per heavy atom. The molecule has 5 heteroatoms. The molecule has 3 nitrogen and oxygen atoms in total. The van der Waals surface area contributed by atoms with E-state index in [2.05, 4.69) is 4.74 Å². The molecule has 1 fully saturated rings. The summed E-state index contributed by atoms with van der Waals surface area (Å²) in [5, 5.41) is 8.43. The van der Waals surface area contributed by atoms with E-state index in [0.717, 1.165) is 19.3 Å². The Labute approximate surface area is 81.1 Å². The lowest BCUT2D eigenvalue weighted by Gasteiger charge is -2.33. The van der Waals surface area contributed by atoms with Crippen molar-refractivity contribution in [1.82, 2.24) is 0 Å². The smallest absolute Gasteiger partial charge is 0.345 e. The molecule has 0 aliphatic heterocycles. The van der Waals surface area contributed by atoms with E-state index < -0.39 is 18.7 Å². The lowest BCUT2D eigenvalue weighted by atomic mass is 9.79. The highest BCUT2D eigenvalue weighted by Crippen LogP contribution is 2.34. The third-order valence-corrected chi connectivity index (χ3v) is 2.60. The normalized spacial score (nSPS) is 19.4. The molecule has 14 heavy (non-hydrogen) atoms. The number of hydrogen-bond acceptors (Lipinski definition) is 2. The van der Waals surface area contributed by atoms with Crippen molar-refractivity contribution >= 4 is 5.97 Å². The SMILES string of the molecule is O=C(O)CCC(OC(F)F)C1CCC1. The zero-order valence-electron chi connectivity index (χ0n) is 7.79. The van der Waals surface area contributed by atoms with Gasteiger partial charge in [0.15, 0.2) is 0 Å². The summed E-state index contributed by atoms with van der Waals surface area (Å²) in [6, 6.07) is 0. The number of carboxylic acid groups (broad SMARTS) is 1. The van der Waals surface area contributed by atoms with Crippen molar-refractivity contribution in [2.24, 2.45) is 5.92 Å². The maximum Gasteiger partial charge on any atom is 0.345 e. The van der Waals surface area contributed by atoms with Gasteiger partial charge in [0.1, 0.15) is 0 Å². The molecule has 1 rings (SSSR count). The van der Waals surface area contributed by atoms with Crippen LogP contribution in [0.2, 0.25) is 0 Å². The van der Waals surface area contributed by atoms with E-state index in [9.17, 15) is 13.6 Å². The van der Waals surface area contributed by atoms with E-state index in [0.29, 0.717) is 0 Å². The molecular formula is C9H14F2O3. The van der Waals surface area contributed by atoms with E-state index >= 15 is 0 Å². The fourth-order valence-corrected chi connectivity index (χ4v) is 1.62.